The molecule has 1 rings (SSSR count). The number of carbonyl (C=O) groups is 1. The first kappa shape index (κ1) is 15.3. The summed E-state index contributed by atoms with van der Waals surface area (Å²) in [4.78, 5) is 11.9. The zero-order valence-corrected chi connectivity index (χ0v) is 11.3. The van der Waals surface area contributed by atoms with Crippen LogP contribution in [0, 0.1) is 0 Å². The van der Waals surface area contributed by atoms with Gasteiger partial charge in [-0.1, -0.05) is 6.07 Å². The fourth-order valence-electron chi connectivity index (χ4n) is 1.50. The zero-order chi connectivity index (χ0) is 14.1. The number of nitrogen functional groups attached to an aromatic ring is 1. The number of amides is 1. The van der Waals surface area contributed by atoms with Crippen molar-refractivity contribution in [2.24, 2.45) is 0 Å². The third-order valence-corrected chi connectivity index (χ3v) is 2.49. The Balaban J connectivity index is 2.41. The highest BCUT2D eigenvalue weighted by Gasteiger charge is 2.12. The summed E-state index contributed by atoms with van der Waals surface area (Å²) >= 11 is 0. The molecule has 0 aliphatic carbocycles. The summed E-state index contributed by atoms with van der Waals surface area (Å²) in [5.74, 6) is 0.246. The van der Waals surface area contributed by atoms with Crippen LogP contribution < -0.4 is 15.8 Å². The van der Waals surface area contributed by atoms with Gasteiger partial charge in [0.05, 0.1) is 38.2 Å². The van der Waals surface area contributed by atoms with Crippen LogP contribution in [-0.4, -0.2) is 46.5 Å². The number of ether oxygens (including phenoxy) is 3. The molecule has 0 aromatic heterocycles. The number of rotatable bonds is 8. The fourth-order valence-corrected chi connectivity index (χ4v) is 1.50. The highest BCUT2D eigenvalue weighted by molar-refractivity contribution is 6.00. The van der Waals surface area contributed by atoms with E-state index < -0.39 is 0 Å². The van der Waals surface area contributed by atoms with Gasteiger partial charge in [0, 0.05) is 13.7 Å². The van der Waals surface area contributed by atoms with Crippen LogP contribution in [0.3, 0.4) is 0 Å². The highest BCUT2D eigenvalue weighted by atomic mass is 16.5. The molecule has 0 saturated heterocycles. The quantitative estimate of drug-likeness (QED) is 0.535. The maximum absolute atomic E-state index is 11.9. The summed E-state index contributed by atoms with van der Waals surface area (Å²) < 4.78 is 15.1. The van der Waals surface area contributed by atoms with Crippen molar-refractivity contribution in [3.63, 3.8) is 0 Å². The molecule has 19 heavy (non-hydrogen) atoms. The predicted octanol–water partition coefficient (Wildman–Crippen LogP) is 0.670. The molecule has 0 bridgehead atoms. The Labute approximate surface area is 112 Å². The van der Waals surface area contributed by atoms with E-state index in [2.05, 4.69) is 5.32 Å². The lowest BCUT2D eigenvalue weighted by Crippen LogP contribution is -2.28. The van der Waals surface area contributed by atoms with Crippen LogP contribution in [-0.2, 0) is 9.47 Å². The minimum atomic E-state index is -0.244. The van der Waals surface area contributed by atoms with Crippen molar-refractivity contribution in [1.29, 1.82) is 0 Å². The largest absolute Gasteiger partial charge is 0.495 e. The van der Waals surface area contributed by atoms with Crippen LogP contribution in [0.4, 0.5) is 5.69 Å². The minimum Gasteiger partial charge on any atom is -0.495 e. The molecular formula is C13H20N2O4. The molecule has 1 aromatic carbocycles. The summed E-state index contributed by atoms with van der Waals surface area (Å²) in [6.45, 7) is 1.89. The molecule has 0 saturated carbocycles. The molecule has 106 valence electrons. The van der Waals surface area contributed by atoms with Crippen molar-refractivity contribution < 1.29 is 19.0 Å². The Morgan fingerprint density at radius 2 is 2.05 bits per heavy atom. The molecule has 0 heterocycles. The van der Waals surface area contributed by atoms with Crippen molar-refractivity contribution in [2.45, 2.75) is 0 Å². The van der Waals surface area contributed by atoms with Gasteiger partial charge < -0.3 is 25.3 Å². The molecule has 1 amide bonds. The normalized spacial score (nSPS) is 10.2. The maximum atomic E-state index is 11.9. The molecule has 6 heteroatoms. The second kappa shape index (κ2) is 8.34. The number of anilines is 1. The summed E-state index contributed by atoms with van der Waals surface area (Å²) in [5.41, 5.74) is 6.57. The van der Waals surface area contributed by atoms with Gasteiger partial charge in [-0.2, -0.15) is 0 Å². The van der Waals surface area contributed by atoms with Crippen molar-refractivity contribution in [2.75, 3.05) is 46.3 Å². The smallest absolute Gasteiger partial charge is 0.253 e. The van der Waals surface area contributed by atoms with Gasteiger partial charge in [0.25, 0.3) is 5.91 Å². The van der Waals surface area contributed by atoms with Crippen LogP contribution in [0.2, 0.25) is 0 Å². The van der Waals surface area contributed by atoms with Crippen molar-refractivity contribution >= 4 is 11.6 Å². The van der Waals surface area contributed by atoms with E-state index in [1.807, 2.05) is 0 Å². The zero-order valence-electron chi connectivity index (χ0n) is 11.3. The van der Waals surface area contributed by atoms with Crippen LogP contribution in [0.25, 0.3) is 0 Å². The third kappa shape index (κ3) is 4.76. The first-order valence-electron chi connectivity index (χ1n) is 5.98. The van der Waals surface area contributed by atoms with Crippen molar-refractivity contribution in [3.8, 4) is 5.75 Å². The van der Waals surface area contributed by atoms with Crippen LogP contribution in [0.1, 0.15) is 10.4 Å². The number of benzene rings is 1. The molecule has 1 aromatic rings. The molecule has 0 atom stereocenters. The van der Waals surface area contributed by atoms with E-state index >= 15 is 0 Å². The standard InChI is InChI=1S/C13H20N2O4/c1-17-8-9-19-7-6-15-13(16)10-4-3-5-11(18-2)12(10)14/h3-5H,6-9,14H2,1-2H3,(H,15,16). The second-order valence-corrected chi connectivity index (χ2v) is 3.78. The Hall–Kier alpha value is -1.79. The van der Waals surface area contributed by atoms with E-state index in [-0.39, 0.29) is 5.91 Å². The second-order valence-electron chi connectivity index (χ2n) is 3.78. The molecule has 0 radical (unpaired) electrons. The maximum Gasteiger partial charge on any atom is 0.253 e. The van der Waals surface area contributed by atoms with Gasteiger partial charge in [0.2, 0.25) is 0 Å². The van der Waals surface area contributed by atoms with Gasteiger partial charge in [-0.05, 0) is 12.1 Å². The summed E-state index contributed by atoms with van der Waals surface area (Å²) in [7, 11) is 3.12. The lowest BCUT2D eigenvalue weighted by atomic mass is 10.1. The number of hydrogen-bond donors (Lipinski definition) is 2. The van der Waals surface area contributed by atoms with Gasteiger partial charge in [-0.15, -0.1) is 0 Å². The first-order chi connectivity index (χ1) is 9.20. The lowest BCUT2D eigenvalue weighted by Gasteiger charge is -2.10. The SMILES string of the molecule is COCCOCCNC(=O)c1cccc(OC)c1N. The number of nitrogens with one attached hydrogen (secondary N) is 1. The van der Waals surface area contributed by atoms with Gasteiger partial charge in [0.15, 0.2) is 0 Å². The van der Waals surface area contributed by atoms with Crippen LogP contribution >= 0.6 is 0 Å². The number of nitrogens with two attached hydrogens (primary N) is 1. The van der Waals surface area contributed by atoms with Crippen LogP contribution in [0.5, 0.6) is 5.75 Å². The monoisotopic (exact) mass is 268 g/mol. The van der Waals surface area contributed by atoms with Crippen molar-refractivity contribution in [1.82, 2.24) is 5.32 Å². The molecule has 0 spiro atoms. The predicted molar refractivity (Wildman–Crippen MR) is 72.4 cm³/mol. The van der Waals surface area contributed by atoms with Crippen molar-refractivity contribution in [3.05, 3.63) is 23.8 Å². The van der Waals surface area contributed by atoms with Gasteiger partial charge in [-0.3, -0.25) is 4.79 Å². The molecule has 0 aliphatic heterocycles. The highest BCUT2D eigenvalue weighted by Crippen LogP contribution is 2.24. The molecule has 3 N–H and O–H groups in total. The molecule has 0 aliphatic rings. The average molecular weight is 268 g/mol. The van der Waals surface area contributed by atoms with E-state index in [9.17, 15) is 4.79 Å². The van der Waals surface area contributed by atoms with Gasteiger partial charge in [0.1, 0.15) is 5.75 Å². The van der Waals surface area contributed by atoms with E-state index in [0.29, 0.717) is 43.4 Å². The van der Waals surface area contributed by atoms with E-state index in [4.69, 9.17) is 19.9 Å². The molecular weight excluding hydrogens is 248 g/mol. The number of hydrogen-bond acceptors (Lipinski definition) is 5. The Morgan fingerprint density at radius 1 is 1.26 bits per heavy atom. The molecule has 6 nitrogen and oxygen atoms in total. The minimum absolute atomic E-state index is 0.244. The Bertz CT molecular complexity index is 410. The van der Waals surface area contributed by atoms with Crippen LogP contribution in [0.15, 0.2) is 18.2 Å². The average Bonchev–Trinajstić information content (AvgIpc) is 2.42. The number of carbonyl (C=O) groups excluding carboxylic acids is 1. The van der Waals surface area contributed by atoms with E-state index in [1.54, 1.807) is 25.3 Å². The molecule has 0 fully saturated rings. The van der Waals surface area contributed by atoms with Gasteiger partial charge >= 0.3 is 0 Å². The molecule has 0 unspecified atom stereocenters. The Kier molecular flexibility index (Phi) is 6.70. The lowest BCUT2D eigenvalue weighted by molar-refractivity contribution is 0.0693. The number of para-hydroxylation sites is 1. The Morgan fingerprint density at radius 3 is 2.74 bits per heavy atom. The first-order valence-corrected chi connectivity index (χ1v) is 5.98. The summed E-state index contributed by atoms with van der Waals surface area (Å²) in [6.07, 6.45) is 0. The topological polar surface area (TPSA) is 82.8 Å². The third-order valence-electron chi connectivity index (χ3n) is 2.49. The summed E-state index contributed by atoms with van der Waals surface area (Å²) in [5, 5.41) is 2.73. The van der Waals surface area contributed by atoms with Gasteiger partial charge in [-0.25, -0.2) is 0 Å². The van der Waals surface area contributed by atoms with E-state index in [0.717, 1.165) is 0 Å². The fraction of sp³-hybridized carbons (Fsp3) is 0.462. The van der Waals surface area contributed by atoms with E-state index in [1.165, 1.54) is 7.11 Å². The number of methoxy groups -OCH3 is 2. The summed E-state index contributed by atoms with van der Waals surface area (Å²) in [6, 6.07) is 5.08.